The summed E-state index contributed by atoms with van der Waals surface area (Å²) in [5.74, 6) is 0. The molecule has 4 N–H and O–H groups in total. The Labute approximate surface area is 280 Å². The zero-order valence-corrected chi connectivity index (χ0v) is 28.6. The van der Waals surface area contributed by atoms with Gasteiger partial charge in [0, 0.05) is 58.6 Å². The maximum atomic E-state index is 12.3. The lowest BCUT2D eigenvalue weighted by molar-refractivity contribution is -0.137. The van der Waals surface area contributed by atoms with Crippen molar-refractivity contribution in [2.24, 2.45) is 10.8 Å². The van der Waals surface area contributed by atoms with Crippen molar-refractivity contribution in [3.05, 3.63) is 57.4 Å². The summed E-state index contributed by atoms with van der Waals surface area (Å²) in [6, 6.07) is 3.25. The fourth-order valence-electron chi connectivity index (χ4n) is 4.13. The number of ether oxygens (including phenoxy) is 1. The van der Waals surface area contributed by atoms with Gasteiger partial charge in [-0.1, -0.05) is 36.2 Å². The van der Waals surface area contributed by atoms with Gasteiger partial charge in [-0.25, -0.2) is 5.01 Å². The van der Waals surface area contributed by atoms with Crippen LogP contribution < -0.4 is 11.2 Å². The molecule has 16 heteroatoms. The zero-order valence-electron chi connectivity index (χ0n) is 27.8. The van der Waals surface area contributed by atoms with Gasteiger partial charge in [-0.15, -0.1) is 0 Å². The zero-order chi connectivity index (χ0) is 36.0. The normalized spacial score (nSPS) is 15.9. The summed E-state index contributed by atoms with van der Waals surface area (Å²) in [7, 11) is 5.80. The van der Waals surface area contributed by atoms with Crippen molar-refractivity contribution < 1.29 is 37.4 Å². The fourth-order valence-corrected chi connectivity index (χ4v) is 4.37. The quantitative estimate of drug-likeness (QED) is 0.104. The Morgan fingerprint density at radius 3 is 2.23 bits per heavy atom. The molecule has 1 aromatic rings. The van der Waals surface area contributed by atoms with E-state index in [-0.39, 0.29) is 11.4 Å². The van der Waals surface area contributed by atoms with Crippen molar-refractivity contribution in [2.75, 3.05) is 67.1 Å². The molecule has 12 nitrogen and oxygen atoms in total. The maximum absolute atomic E-state index is 12.3. The van der Waals surface area contributed by atoms with E-state index in [4.69, 9.17) is 26.2 Å². The summed E-state index contributed by atoms with van der Waals surface area (Å²) in [4.78, 5) is 34.0. The van der Waals surface area contributed by atoms with Crippen LogP contribution in [-0.2, 0) is 31.8 Å². The van der Waals surface area contributed by atoms with Gasteiger partial charge in [0.05, 0.1) is 36.7 Å². The number of allylic oxidation sites excluding steroid dienone is 2. The summed E-state index contributed by atoms with van der Waals surface area (Å²) in [5.41, 5.74) is 10.6. The van der Waals surface area contributed by atoms with Crippen LogP contribution >= 0.6 is 11.6 Å². The highest BCUT2D eigenvalue weighted by Crippen LogP contribution is 2.32. The van der Waals surface area contributed by atoms with Crippen LogP contribution in [0.4, 0.5) is 13.2 Å². The molecule has 0 saturated carbocycles. The third kappa shape index (κ3) is 18.4. The van der Waals surface area contributed by atoms with Gasteiger partial charge in [0.15, 0.2) is 6.29 Å². The molecule has 0 aromatic heterocycles. The van der Waals surface area contributed by atoms with Gasteiger partial charge in [-0.2, -0.15) is 18.3 Å². The number of alkyl halides is 3. The summed E-state index contributed by atoms with van der Waals surface area (Å²) in [5, 5.41) is 15.2. The molecule has 2 aliphatic heterocycles. The molecule has 47 heavy (non-hydrogen) atoms. The number of nitrogens with two attached hydrogens (primary N) is 1. The number of likely N-dealkylation sites (N-methyl/N-ethyl adjacent to an activating group) is 2. The Balaban J connectivity index is 0.000000762. The predicted molar refractivity (Wildman–Crippen MR) is 177 cm³/mol. The molecule has 2 aliphatic rings. The lowest BCUT2D eigenvalue weighted by Gasteiger charge is -2.35. The first kappa shape index (κ1) is 43.5. The second-order valence-electron chi connectivity index (χ2n) is 10.6. The minimum absolute atomic E-state index is 0.0744. The molecule has 266 valence electrons. The van der Waals surface area contributed by atoms with Crippen molar-refractivity contribution in [2.45, 2.75) is 45.5 Å². The highest BCUT2D eigenvalue weighted by molar-refractivity contribution is 6.31. The van der Waals surface area contributed by atoms with E-state index < -0.39 is 17.8 Å². The highest BCUT2D eigenvalue weighted by atomic mass is 35.5. The van der Waals surface area contributed by atoms with Gasteiger partial charge in [-0.3, -0.25) is 14.6 Å². The summed E-state index contributed by atoms with van der Waals surface area (Å²) < 4.78 is 42.3. The number of halogens is 4. The van der Waals surface area contributed by atoms with Gasteiger partial charge >= 0.3 is 6.18 Å². The number of hydrazine groups is 1. The number of nitrogens with zero attached hydrogens (tertiary/aromatic N) is 5. The van der Waals surface area contributed by atoms with E-state index in [2.05, 4.69) is 57.8 Å². The minimum Gasteiger partial charge on any atom is -0.386 e. The number of hydrazone groups is 1. The van der Waals surface area contributed by atoms with E-state index in [1.165, 1.54) is 23.6 Å². The summed E-state index contributed by atoms with van der Waals surface area (Å²) in [6.07, 6.45) is 0.500. The minimum atomic E-state index is -4.37. The third-order valence-corrected chi connectivity index (χ3v) is 7.01. The van der Waals surface area contributed by atoms with Crippen LogP contribution in [0, 0.1) is 0 Å². The predicted octanol–water partition coefficient (Wildman–Crippen LogP) is 2.91. The Bertz CT molecular complexity index is 1160. The fraction of sp³-hybridized carbons (Fsp3) is 0.548. The van der Waals surface area contributed by atoms with Crippen LogP contribution in [0.3, 0.4) is 0 Å². The maximum Gasteiger partial charge on any atom is 0.416 e. The van der Waals surface area contributed by atoms with E-state index in [1.807, 2.05) is 7.05 Å². The average Bonchev–Trinajstić information content (AvgIpc) is 3.03. The molecular weight excluding hydrogens is 643 g/mol. The second-order valence-corrected chi connectivity index (χ2v) is 11.0. The van der Waals surface area contributed by atoms with Crippen molar-refractivity contribution in [3.8, 4) is 0 Å². The van der Waals surface area contributed by atoms with Gasteiger partial charge in [0.2, 0.25) is 6.41 Å². The SMILES string of the molecule is C=NN(C)Cc1ccc(C(F)(F)F)cc1Cl.CC(O)C=O.CC/C(NN(C)CC1=CCOCC1)=C(/C=O)N1CCN(C)CC1.NC=O. The highest BCUT2D eigenvalue weighted by Gasteiger charge is 2.30. The van der Waals surface area contributed by atoms with Gasteiger partial charge in [0.25, 0.3) is 0 Å². The molecule has 0 bridgehead atoms. The number of carbonyl (C=O) groups excluding carboxylic acids is 3. The number of hydrogen-bond acceptors (Lipinski definition) is 11. The third-order valence-electron chi connectivity index (χ3n) is 6.66. The number of amides is 1. The van der Waals surface area contributed by atoms with E-state index in [9.17, 15) is 22.8 Å². The number of piperazine rings is 1. The smallest absolute Gasteiger partial charge is 0.386 e. The van der Waals surface area contributed by atoms with Crippen molar-refractivity contribution >= 4 is 37.3 Å². The summed E-state index contributed by atoms with van der Waals surface area (Å²) in [6.45, 7) is 13.3. The molecule has 0 aliphatic carbocycles. The Morgan fingerprint density at radius 2 is 1.81 bits per heavy atom. The molecule has 1 fully saturated rings. The van der Waals surface area contributed by atoms with Crippen LogP contribution in [0.5, 0.6) is 0 Å². The lowest BCUT2D eigenvalue weighted by Crippen LogP contribution is -2.46. The number of carbonyl (C=O) groups is 3. The topological polar surface area (TPSA) is 144 Å². The standard InChI is InChI=1S/C17H30N4O2.C10H10ClF3N2.C3H6O2.CH3NO/c1-4-16(17(14-22)21-9-7-19(2)8-10-21)18-20(3)13-15-5-11-23-12-6-15;1-15-16(2)6-7-3-4-8(5-9(7)11)10(12,13)14;1-3(5)2-4;2-1-3/h5,14,18H,4,6-13H2,1-3H3;3-5H,1,6H2,2H3;2-3,5H,1H3;1H,(H2,2,3)/b17-16+;;;. The van der Waals surface area contributed by atoms with Crippen LogP contribution in [0.15, 0.2) is 46.3 Å². The van der Waals surface area contributed by atoms with Crippen molar-refractivity contribution in [3.63, 3.8) is 0 Å². The average molecular weight is 692 g/mol. The molecule has 1 amide bonds. The molecule has 3 rings (SSSR count). The molecule has 1 atom stereocenters. The van der Waals surface area contributed by atoms with Crippen LogP contribution in [0.1, 0.15) is 37.8 Å². The van der Waals surface area contributed by atoms with Crippen LogP contribution in [0.2, 0.25) is 5.02 Å². The lowest BCUT2D eigenvalue weighted by atomic mass is 10.1. The van der Waals surface area contributed by atoms with Gasteiger partial charge in [-0.05, 0) is 44.5 Å². The number of hydrogen-bond donors (Lipinski definition) is 3. The number of aliphatic hydroxyl groups is 1. The Hall–Kier alpha value is -3.50. The van der Waals surface area contributed by atoms with Crippen LogP contribution in [-0.4, -0.2) is 124 Å². The van der Waals surface area contributed by atoms with Crippen molar-refractivity contribution in [1.29, 1.82) is 0 Å². The molecule has 2 heterocycles. The van der Waals surface area contributed by atoms with E-state index in [0.29, 0.717) is 25.0 Å². The first-order valence-electron chi connectivity index (χ1n) is 14.8. The number of aldehydes is 2. The molecular formula is C31H49ClF3N7O5. The summed E-state index contributed by atoms with van der Waals surface area (Å²) >= 11 is 5.75. The second kappa shape index (κ2) is 23.8. The first-order valence-corrected chi connectivity index (χ1v) is 15.2. The van der Waals surface area contributed by atoms with Gasteiger partial charge < -0.3 is 35.6 Å². The largest absolute Gasteiger partial charge is 0.416 e. The molecule has 1 unspecified atom stereocenters. The van der Waals surface area contributed by atoms with Crippen LogP contribution in [0.25, 0.3) is 0 Å². The van der Waals surface area contributed by atoms with Gasteiger partial charge in [0.1, 0.15) is 12.4 Å². The molecule has 1 saturated heterocycles. The van der Waals surface area contributed by atoms with E-state index in [1.54, 1.807) is 7.05 Å². The number of aliphatic hydroxyl groups excluding tert-OH is 1. The number of benzene rings is 1. The van der Waals surface area contributed by atoms with E-state index in [0.717, 1.165) is 82.0 Å². The van der Waals surface area contributed by atoms with E-state index >= 15 is 0 Å². The molecule has 0 radical (unpaired) electrons. The Kier molecular flexibility index (Phi) is 22.0. The number of primary amides is 1. The Morgan fingerprint density at radius 1 is 1.21 bits per heavy atom. The molecule has 1 aromatic carbocycles. The monoisotopic (exact) mass is 691 g/mol. The molecule has 0 spiro atoms. The number of nitrogens with one attached hydrogen (secondary N) is 1. The van der Waals surface area contributed by atoms with Crippen molar-refractivity contribution in [1.82, 2.24) is 25.2 Å². The first-order chi connectivity index (χ1) is 22.2. The number of rotatable bonds is 11.